The highest BCUT2D eigenvalue weighted by Crippen LogP contribution is 2.23. The molecule has 0 bridgehead atoms. The highest BCUT2D eigenvalue weighted by molar-refractivity contribution is 9.10. The van der Waals surface area contributed by atoms with Gasteiger partial charge in [-0.15, -0.1) is 0 Å². The number of ether oxygens (including phenoxy) is 2. The fourth-order valence-corrected chi connectivity index (χ4v) is 2.70. The molecule has 132 valence electrons. The van der Waals surface area contributed by atoms with Crippen LogP contribution in [0.25, 0.3) is 0 Å². The van der Waals surface area contributed by atoms with Gasteiger partial charge in [0.15, 0.2) is 12.7 Å². The van der Waals surface area contributed by atoms with Crippen molar-refractivity contribution in [1.82, 2.24) is 0 Å². The van der Waals surface area contributed by atoms with Gasteiger partial charge in [-0.1, -0.05) is 18.2 Å². The standard InChI is InChI=1S/C19H20BrNO4/c1-12-5-4-6-15(9-12)25-14(3)19(23)24-11-18(22)21-17-8-7-13(2)10-16(17)20/h4-10,14H,11H2,1-3H3,(H,21,22)/t14-/m1/s1. The molecule has 0 fully saturated rings. The van der Waals surface area contributed by atoms with Crippen LogP contribution in [0.1, 0.15) is 18.1 Å². The van der Waals surface area contributed by atoms with Crippen molar-refractivity contribution in [3.63, 3.8) is 0 Å². The Labute approximate surface area is 155 Å². The van der Waals surface area contributed by atoms with Crippen LogP contribution in [0.4, 0.5) is 5.69 Å². The molecule has 0 aliphatic rings. The summed E-state index contributed by atoms with van der Waals surface area (Å²) in [5, 5.41) is 2.69. The van der Waals surface area contributed by atoms with Crippen molar-refractivity contribution in [2.75, 3.05) is 11.9 Å². The van der Waals surface area contributed by atoms with Crippen molar-refractivity contribution in [3.05, 3.63) is 58.1 Å². The summed E-state index contributed by atoms with van der Waals surface area (Å²) in [5.41, 5.74) is 2.72. The highest BCUT2D eigenvalue weighted by atomic mass is 79.9. The van der Waals surface area contributed by atoms with Crippen molar-refractivity contribution in [2.24, 2.45) is 0 Å². The Kier molecular flexibility index (Phi) is 6.58. The minimum atomic E-state index is -0.805. The number of aryl methyl sites for hydroxylation is 2. The van der Waals surface area contributed by atoms with Crippen LogP contribution in [-0.4, -0.2) is 24.6 Å². The van der Waals surface area contributed by atoms with E-state index in [-0.39, 0.29) is 6.61 Å². The van der Waals surface area contributed by atoms with Gasteiger partial charge in [-0.25, -0.2) is 4.79 Å². The summed E-state index contributed by atoms with van der Waals surface area (Å²) in [6, 6.07) is 12.9. The Bertz CT molecular complexity index is 776. The summed E-state index contributed by atoms with van der Waals surface area (Å²) in [7, 11) is 0. The number of hydrogen-bond donors (Lipinski definition) is 1. The highest BCUT2D eigenvalue weighted by Gasteiger charge is 2.18. The Balaban J connectivity index is 1.83. The number of esters is 1. The number of rotatable bonds is 6. The number of carbonyl (C=O) groups is 2. The fraction of sp³-hybridized carbons (Fsp3) is 0.263. The first-order valence-corrected chi connectivity index (χ1v) is 8.60. The number of anilines is 1. The molecule has 2 rings (SSSR count). The monoisotopic (exact) mass is 405 g/mol. The number of halogens is 1. The van der Waals surface area contributed by atoms with Gasteiger partial charge in [-0.2, -0.15) is 0 Å². The lowest BCUT2D eigenvalue weighted by atomic mass is 10.2. The Morgan fingerprint density at radius 2 is 1.84 bits per heavy atom. The van der Waals surface area contributed by atoms with E-state index in [1.54, 1.807) is 19.1 Å². The molecule has 0 saturated heterocycles. The molecular weight excluding hydrogens is 386 g/mol. The molecule has 1 N–H and O–H groups in total. The second kappa shape index (κ2) is 8.67. The normalized spacial score (nSPS) is 11.5. The zero-order valence-electron chi connectivity index (χ0n) is 14.3. The van der Waals surface area contributed by atoms with Crippen molar-refractivity contribution < 1.29 is 19.1 Å². The first-order chi connectivity index (χ1) is 11.8. The molecule has 0 unspecified atom stereocenters. The van der Waals surface area contributed by atoms with E-state index < -0.39 is 18.0 Å². The van der Waals surface area contributed by atoms with Crippen molar-refractivity contribution in [2.45, 2.75) is 26.9 Å². The summed E-state index contributed by atoms with van der Waals surface area (Å²) in [6.45, 7) is 5.09. The van der Waals surface area contributed by atoms with E-state index in [0.29, 0.717) is 11.4 Å². The molecule has 0 saturated carbocycles. The summed E-state index contributed by atoms with van der Waals surface area (Å²) < 4.78 is 11.3. The van der Waals surface area contributed by atoms with Gasteiger partial charge >= 0.3 is 5.97 Å². The Hall–Kier alpha value is -2.34. The number of carbonyl (C=O) groups excluding carboxylic acids is 2. The minimum absolute atomic E-state index is 0.374. The molecule has 0 radical (unpaired) electrons. The molecule has 6 heteroatoms. The van der Waals surface area contributed by atoms with Crippen LogP contribution in [0.3, 0.4) is 0 Å². The molecule has 0 spiro atoms. The van der Waals surface area contributed by atoms with E-state index in [1.165, 1.54) is 0 Å². The average molecular weight is 406 g/mol. The van der Waals surface area contributed by atoms with Gasteiger partial charge in [0.25, 0.3) is 5.91 Å². The Morgan fingerprint density at radius 3 is 2.52 bits per heavy atom. The van der Waals surface area contributed by atoms with Crippen molar-refractivity contribution in [1.29, 1.82) is 0 Å². The van der Waals surface area contributed by atoms with Crippen molar-refractivity contribution in [3.8, 4) is 5.75 Å². The topological polar surface area (TPSA) is 64.6 Å². The smallest absolute Gasteiger partial charge is 0.347 e. The van der Waals surface area contributed by atoms with E-state index >= 15 is 0 Å². The molecule has 0 heterocycles. The van der Waals surface area contributed by atoms with Crippen LogP contribution in [0, 0.1) is 13.8 Å². The maximum Gasteiger partial charge on any atom is 0.347 e. The van der Waals surface area contributed by atoms with Crippen LogP contribution < -0.4 is 10.1 Å². The van der Waals surface area contributed by atoms with E-state index in [0.717, 1.165) is 15.6 Å². The molecule has 0 aliphatic heterocycles. The number of nitrogens with one attached hydrogen (secondary N) is 1. The van der Waals surface area contributed by atoms with Gasteiger partial charge < -0.3 is 14.8 Å². The third-order valence-corrected chi connectivity index (χ3v) is 4.03. The maximum absolute atomic E-state index is 12.0. The van der Waals surface area contributed by atoms with Crippen LogP contribution in [-0.2, 0) is 14.3 Å². The van der Waals surface area contributed by atoms with Gasteiger partial charge in [-0.05, 0) is 72.1 Å². The zero-order chi connectivity index (χ0) is 18.4. The molecule has 25 heavy (non-hydrogen) atoms. The molecule has 1 atom stereocenters. The SMILES string of the molecule is Cc1cccc(O[C@H](C)C(=O)OCC(=O)Nc2ccc(C)cc2Br)c1. The third kappa shape index (κ3) is 5.90. The predicted octanol–water partition coefficient (Wildman–Crippen LogP) is 4.02. The van der Waals surface area contributed by atoms with E-state index in [4.69, 9.17) is 9.47 Å². The first kappa shape index (κ1) is 19.0. The number of benzene rings is 2. The molecule has 1 amide bonds. The van der Waals surface area contributed by atoms with Gasteiger partial charge in [0, 0.05) is 4.47 Å². The lowest BCUT2D eigenvalue weighted by molar-refractivity contribution is -0.153. The largest absolute Gasteiger partial charge is 0.479 e. The molecule has 2 aromatic carbocycles. The van der Waals surface area contributed by atoms with Crippen LogP contribution in [0.2, 0.25) is 0 Å². The summed E-state index contributed by atoms with van der Waals surface area (Å²) >= 11 is 3.38. The van der Waals surface area contributed by atoms with E-state index in [1.807, 2.05) is 44.2 Å². The van der Waals surface area contributed by atoms with Gasteiger partial charge in [0.05, 0.1) is 5.69 Å². The second-order valence-corrected chi connectivity index (χ2v) is 6.57. The lowest BCUT2D eigenvalue weighted by Crippen LogP contribution is -2.29. The number of amides is 1. The molecule has 0 aromatic heterocycles. The predicted molar refractivity (Wildman–Crippen MR) is 99.7 cm³/mol. The first-order valence-electron chi connectivity index (χ1n) is 7.81. The molecule has 2 aromatic rings. The zero-order valence-corrected chi connectivity index (χ0v) is 15.9. The lowest BCUT2D eigenvalue weighted by Gasteiger charge is -2.14. The van der Waals surface area contributed by atoms with Gasteiger partial charge in [0.2, 0.25) is 0 Å². The summed E-state index contributed by atoms with van der Waals surface area (Å²) in [5.74, 6) is -0.433. The van der Waals surface area contributed by atoms with Gasteiger partial charge in [0.1, 0.15) is 5.75 Å². The summed E-state index contributed by atoms with van der Waals surface area (Å²) in [6.07, 6.45) is -0.805. The van der Waals surface area contributed by atoms with E-state index in [9.17, 15) is 9.59 Å². The summed E-state index contributed by atoms with van der Waals surface area (Å²) in [4.78, 5) is 23.9. The maximum atomic E-state index is 12.0. The van der Waals surface area contributed by atoms with Crippen LogP contribution in [0.15, 0.2) is 46.9 Å². The molecule has 5 nitrogen and oxygen atoms in total. The number of hydrogen-bond acceptors (Lipinski definition) is 4. The quantitative estimate of drug-likeness (QED) is 0.737. The third-order valence-electron chi connectivity index (χ3n) is 3.38. The molecule has 0 aliphatic carbocycles. The minimum Gasteiger partial charge on any atom is -0.479 e. The average Bonchev–Trinajstić information content (AvgIpc) is 2.55. The van der Waals surface area contributed by atoms with Crippen LogP contribution >= 0.6 is 15.9 Å². The van der Waals surface area contributed by atoms with E-state index in [2.05, 4.69) is 21.2 Å². The molecular formula is C19H20BrNO4. The second-order valence-electron chi connectivity index (χ2n) is 5.72. The fourth-order valence-electron chi connectivity index (χ4n) is 2.10. The van der Waals surface area contributed by atoms with Crippen LogP contribution in [0.5, 0.6) is 5.75 Å². The Morgan fingerprint density at radius 1 is 1.12 bits per heavy atom. The van der Waals surface area contributed by atoms with Gasteiger partial charge in [-0.3, -0.25) is 4.79 Å². The van der Waals surface area contributed by atoms with Crippen molar-refractivity contribution >= 4 is 33.5 Å².